The molecule has 1 saturated heterocycles. The Kier molecular flexibility index (Phi) is 3.46. The molecule has 1 aromatic heterocycles. The van der Waals surface area contributed by atoms with E-state index in [2.05, 4.69) is 4.72 Å². The maximum atomic E-state index is 11.9. The maximum Gasteiger partial charge on any atom is 0.250 e. The zero-order valence-electron chi connectivity index (χ0n) is 9.16. The molecule has 0 spiro atoms. The van der Waals surface area contributed by atoms with E-state index in [1.165, 1.54) is 12.1 Å². The Bertz CT molecular complexity index is 696. The summed E-state index contributed by atoms with van der Waals surface area (Å²) < 4.78 is 48.7. The second-order valence-corrected chi connectivity index (χ2v) is 9.21. The minimum atomic E-state index is -3.73. The lowest BCUT2D eigenvalue weighted by Gasteiger charge is -2.09. The molecular formula is C9H10N2O4S3. The molecule has 0 saturated carbocycles. The Labute approximate surface area is 109 Å². The first-order valence-corrected chi connectivity index (χ1v) is 9.17. The number of nitrogens with one attached hydrogen (secondary N) is 1. The van der Waals surface area contributed by atoms with Crippen LogP contribution in [0.1, 0.15) is 11.3 Å². The number of nitriles is 1. The van der Waals surface area contributed by atoms with Crippen LogP contribution in [0.15, 0.2) is 16.3 Å². The van der Waals surface area contributed by atoms with Gasteiger partial charge in [0.05, 0.1) is 11.5 Å². The Morgan fingerprint density at radius 2 is 2.17 bits per heavy atom. The van der Waals surface area contributed by atoms with Crippen molar-refractivity contribution in [1.82, 2.24) is 4.72 Å². The summed E-state index contributed by atoms with van der Waals surface area (Å²) in [6.45, 7) is 0. The van der Waals surface area contributed by atoms with Gasteiger partial charge in [0, 0.05) is 6.04 Å². The van der Waals surface area contributed by atoms with Crippen molar-refractivity contribution >= 4 is 31.2 Å². The van der Waals surface area contributed by atoms with Crippen molar-refractivity contribution in [3.63, 3.8) is 0 Å². The van der Waals surface area contributed by atoms with Crippen molar-refractivity contribution in [3.05, 3.63) is 17.0 Å². The van der Waals surface area contributed by atoms with E-state index in [0.29, 0.717) is 4.88 Å². The molecule has 6 nitrogen and oxygen atoms in total. The number of hydrogen-bond acceptors (Lipinski definition) is 6. The monoisotopic (exact) mass is 306 g/mol. The number of nitrogens with zero attached hydrogens (tertiary/aromatic N) is 1. The summed E-state index contributed by atoms with van der Waals surface area (Å²) in [7, 11) is -6.86. The fraction of sp³-hybridized carbons (Fsp3) is 0.444. The average molecular weight is 306 g/mol. The molecule has 9 heteroatoms. The van der Waals surface area contributed by atoms with Gasteiger partial charge >= 0.3 is 0 Å². The number of sulfonamides is 1. The lowest BCUT2D eigenvalue weighted by Crippen LogP contribution is -2.35. The van der Waals surface area contributed by atoms with Crippen LogP contribution in [-0.4, -0.2) is 34.4 Å². The summed E-state index contributed by atoms with van der Waals surface area (Å²) in [5.41, 5.74) is 0. The quantitative estimate of drug-likeness (QED) is 0.852. The van der Waals surface area contributed by atoms with Crippen molar-refractivity contribution in [3.8, 4) is 6.07 Å². The van der Waals surface area contributed by atoms with Crippen molar-refractivity contribution in [2.75, 3.05) is 11.5 Å². The first-order chi connectivity index (χ1) is 8.32. The zero-order chi connectivity index (χ0) is 13.4. The van der Waals surface area contributed by atoms with Crippen LogP contribution in [-0.2, 0) is 19.9 Å². The van der Waals surface area contributed by atoms with Crippen LogP contribution in [0, 0.1) is 11.3 Å². The molecule has 0 radical (unpaired) electrons. The molecule has 0 aromatic carbocycles. The van der Waals surface area contributed by atoms with Crippen LogP contribution in [0.4, 0.5) is 0 Å². The largest absolute Gasteiger partial charge is 0.250 e. The number of rotatable bonds is 3. The Morgan fingerprint density at radius 1 is 1.44 bits per heavy atom. The van der Waals surface area contributed by atoms with E-state index in [0.717, 1.165) is 11.3 Å². The molecule has 1 unspecified atom stereocenters. The lowest BCUT2D eigenvalue weighted by molar-refractivity contribution is 0.564. The molecule has 1 N–H and O–H groups in total. The second-order valence-electron chi connectivity index (χ2n) is 3.95. The van der Waals surface area contributed by atoms with E-state index in [1.54, 1.807) is 0 Å². The van der Waals surface area contributed by atoms with Crippen molar-refractivity contribution in [2.45, 2.75) is 16.7 Å². The minimum Gasteiger partial charge on any atom is -0.229 e. The minimum absolute atomic E-state index is 0.00801. The smallest absolute Gasteiger partial charge is 0.229 e. The van der Waals surface area contributed by atoms with Crippen LogP contribution < -0.4 is 4.72 Å². The number of hydrogen-bond donors (Lipinski definition) is 1. The lowest BCUT2D eigenvalue weighted by atomic mass is 10.3. The van der Waals surface area contributed by atoms with Crippen molar-refractivity contribution in [2.24, 2.45) is 0 Å². The molecule has 1 aliphatic rings. The molecule has 0 bridgehead atoms. The van der Waals surface area contributed by atoms with Gasteiger partial charge in [0.15, 0.2) is 9.84 Å². The van der Waals surface area contributed by atoms with Crippen LogP contribution in [0.3, 0.4) is 0 Å². The van der Waals surface area contributed by atoms with E-state index in [9.17, 15) is 16.8 Å². The van der Waals surface area contributed by atoms with Crippen LogP contribution in [0.25, 0.3) is 0 Å². The first kappa shape index (κ1) is 13.5. The van der Waals surface area contributed by atoms with Gasteiger partial charge in [-0.3, -0.25) is 0 Å². The summed E-state index contributed by atoms with van der Waals surface area (Å²) in [5.74, 6) is -0.156. The molecule has 1 fully saturated rings. The van der Waals surface area contributed by atoms with Crippen LogP contribution in [0.2, 0.25) is 0 Å². The predicted octanol–water partition coefficient (Wildman–Crippen LogP) is 0.0852. The Morgan fingerprint density at radius 3 is 2.67 bits per heavy atom. The van der Waals surface area contributed by atoms with Gasteiger partial charge in [-0.25, -0.2) is 21.6 Å². The van der Waals surface area contributed by atoms with E-state index in [1.807, 2.05) is 6.07 Å². The molecule has 1 aromatic rings. The number of thiophene rings is 1. The second kappa shape index (κ2) is 4.62. The van der Waals surface area contributed by atoms with Gasteiger partial charge in [0.1, 0.15) is 15.2 Å². The molecule has 18 heavy (non-hydrogen) atoms. The average Bonchev–Trinajstić information content (AvgIpc) is 2.84. The molecule has 2 heterocycles. The standard InChI is InChI=1S/C9H10N2O4S3/c10-5-8-1-2-9(16-8)18(14,15)11-7-3-4-17(12,13)6-7/h1-2,7,11H,3-4,6H2. The third kappa shape index (κ3) is 2.89. The summed E-state index contributed by atoms with van der Waals surface area (Å²) in [6.07, 6.45) is 0.290. The van der Waals surface area contributed by atoms with Gasteiger partial charge in [-0.05, 0) is 18.6 Å². The molecule has 0 amide bonds. The predicted molar refractivity (Wildman–Crippen MR) is 66.4 cm³/mol. The van der Waals surface area contributed by atoms with E-state index in [-0.39, 0.29) is 22.1 Å². The van der Waals surface area contributed by atoms with Crippen LogP contribution >= 0.6 is 11.3 Å². The van der Waals surface area contributed by atoms with Gasteiger partial charge < -0.3 is 0 Å². The fourth-order valence-corrected chi connectivity index (χ4v) is 5.86. The highest BCUT2D eigenvalue weighted by molar-refractivity contribution is 7.92. The van der Waals surface area contributed by atoms with E-state index in [4.69, 9.17) is 5.26 Å². The first-order valence-electron chi connectivity index (χ1n) is 5.05. The van der Waals surface area contributed by atoms with E-state index >= 15 is 0 Å². The highest BCUT2D eigenvalue weighted by Crippen LogP contribution is 2.22. The molecule has 2 rings (SSSR count). The molecule has 1 aliphatic heterocycles. The zero-order valence-corrected chi connectivity index (χ0v) is 11.6. The molecular weight excluding hydrogens is 296 g/mol. The Hall–Kier alpha value is -0.950. The topological polar surface area (TPSA) is 104 Å². The summed E-state index contributed by atoms with van der Waals surface area (Å²) >= 11 is 0.862. The van der Waals surface area contributed by atoms with Gasteiger partial charge in [-0.2, -0.15) is 5.26 Å². The molecule has 1 atom stereocenters. The normalized spacial score (nSPS) is 22.7. The third-order valence-electron chi connectivity index (χ3n) is 2.51. The van der Waals surface area contributed by atoms with Gasteiger partial charge in [-0.15, -0.1) is 11.3 Å². The van der Waals surface area contributed by atoms with E-state index < -0.39 is 25.9 Å². The van der Waals surface area contributed by atoms with Crippen molar-refractivity contribution < 1.29 is 16.8 Å². The van der Waals surface area contributed by atoms with Gasteiger partial charge in [0.25, 0.3) is 0 Å². The number of sulfone groups is 1. The summed E-state index contributed by atoms with van der Waals surface area (Å²) in [6, 6.07) is 4.04. The SMILES string of the molecule is N#Cc1ccc(S(=O)(=O)NC2CCS(=O)(=O)C2)s1. The highest BCUT2D eigenvalue weighted by Gasteiger charge is 2.31. The summed E-state index contributed by atoms with van der Waals surface area (Å²) in [4.78, 5) is 0.300. The van der Waals surface area contributed by atoms with Crippen molar-refractivity contribution in [1.29, 1.82) is 5.26 Å². The molecule has 98 valence electrons. The third-order valence-corrected chi connectivity index (χ3v) is 7.28. The van der Waals surface area contributed by atoms with Gasteiger partial charge in [0.2, 0.25) is 10.0 Å². The maximum absolute atomic E-state index is 11.9. The molecule has 0 aliphatic carbocycles. The Balaban J connectivity index is 2.16. The fourth-order valence-electron chi connectivity index (χ4n) is 1.69. The van der Waals surface area contributed by atoms with Crippen LogP contribution in [0.5, 0.6) is 0 Å². The highest BCUT2D eigenvalue weighted by atomic mass is 32.2. The summed E-state index contributed by atoms with van der Waals surface area (Å²) in [5, 5.41) is 8.64. The van der Waals surface area contributed by atoms with Gasteiger partial charge in [-0.1, -0.05) is 0 Å².